The van der Waals surface area contributed by atoms with Crippen LogP contribution in [0.5, 0.6) is 0 Å². The topological polar surface area (TPSA) is 118 Å². The summed E-state index contributed by atoms with van der Waals surface area (Å²) in [7, 11) is -3.72. The lowest BCUT2D eigenvalue weighted by Gasteiger charge is -2.29. The second kappa shape index (κ2) is 8.64. The zero-order valence-corrected chi connectivity index (χ0v) is 18.8. The molecule has 1 aliphatic rings. The van der Waals surface area contributed by atoms with Crippen LogP contribution in [0, 0.1) is 25.5 Å². The van der Waals surface area contributed by atoms with E-state index in [1.54, 1.807) is 13.8 Å². The number of benzene rings is 1. The highest BCUT2D eigenvalue weighted by Gasteiger charge is 2.35. The molecular formula is C19H19F2N5O4S2. The number of aromatic nitrogens is 3. The molecule has 0 atom stereocenters. The normalized spacial score (nSPS) is 15.8. The van der Waals surface area contributed by atoms with E-state index in [2.05, 4.69) is 20.7 Å². The van der Waals surface area contributed by atoms with Gasteiger partial charge >= 0.3 is 0 Å². The van der Waals surface area contributed by atoms with Gasteiger partial charge in [0.15, 0.2) is 5.76 Å². The van der Waals surface area contributed by atoms with E-state index in [0.717, 1.165) is 23.5 Å². The van der Waals surface area contributed by atoms with Crippen LogP contribution in [0.25, 0.3) is 0 Å². The highest BCUT2D eigenvalue weighted by Crippen LogP contribution is 2.33. The SMILES string of the molecule is Cc1noc(C)c1S(=O)(=O)N1CCC(c2nnc(C(=O)Nc3ccc(F)cc3F)s2)CC1. The summed E-state index contributed by atoms with van der Waals surface area (Å²) in [5, 5.41) is 14.6. The Bertz CT molecular complexity index is 1250. The van der Waals surface area contributed by atoms with Gasteiger partial charge in [-0.05, 0) is 38.8 Å². The van der Waals surface area contributed by atoms with Gasteiger partial charge in [0.1, 0.15) is 27.2 Å². The van der Waals surface area contributed by atoms with E-state index < -0.39 is 27.6 Å². The van der Waals surface area contributed by atoms with Crippen LogP contribution in [-0.4, -0.2) is 47.1 Å². The van der Waals surface area contributed by atoms with Crippen LogP contribution in [0.4, 0.5) is 14.5 Å². The van der Waals surface area contributed by atoms with Crippen LogP contribution in [0.3, 0.4) is 0 Å². The van der Waals surface area contributed by atoms with Gasteiger partial charge in [0.05, 0.1) is 5.69 Å². The third-order valence-corrected chi connectivity index (χ3v) is 8.41. The van der Waals surface area contributed by atoms with Crippen molar-refractivity contribution in [1.29, 1.82) is 0 Å². The number of hydrogen-bond acceptors (Lipinski definition) is 8. The molecule has 1 N–H and O–H groups in total. The molecule has 1 amide bonds. The number of amides is 1. The monoisotopic (exact) mass is 483 g/mol. The maximum absolute atomic E-state index is 13.8. The number of aryl methyl sites for hydroxylation is 2. The third-order valence-electron chi connectivity index (χ3n) is 5.18. The van der Waals surface area contributed by atoms with Gasteiger partial charge in [-0.1, -0.05) is 16.5 Å². The molecule has 1 fully saturated rings. The maximum Gasteiger partial charge on any atom is 0.286 e. The average molecular weight is 484 g/mol. The van der Waals surface area contributed by atoms with Gasteiger partial charge in [-0.15, -0.1) is 10.2 Å². The van der Waals surface area contributed by atoms with Crippen molar-refractivity contribution in [3.8, 4) is 0 Å². The Kier molecular flexibility index (Phi) is 6.05. The Morgan fingerprint density at radius 1 is 1.22 bits per heavy atom. The van der Waals surface area contributed by atoms with Gasteiger partial charge in [-0.3, -0.25) is 4.79 Å². The minimum absolute atomic E-state index is 0.0366. The molecule has 0 saturated carbocycles. The van der Waals surface area contributed by atoms with Gasteiger partial charge in [-0.25, -0.2) is 17.2 Å². The Balaban J connectivity index is 1.41. The molecule has 9 nitrogen and oxygen atoms in total. The summed E-state index contributed by atoms with van der Waals surface area (Å²) in [5.41, 5.74) is 0.160. The lowest BCUT2D eigenvalue weighted by atomic mass is 9.99. The molecule has 2 aromatic heterocycles. The van der Waals surface area contributed by atoms with Gasteiger partial charge in [0, 0.05) is 25.1 Å². The molecule has 3 aromatic rings. The van der Waals surface area contributed by atoms with Crippen molar-refractivity contribution in [2.75, 3.05) is 18.4 Å². The van der Waals surface area contributed by atoms with Crippen molar-refractivity contribution >= 4 is 33.0 Å². The number of nitrogens with zero attached hydrogens (tertiary/aromatic N) is 4. The Labute approximate surface area is 186 Å². The van der Waals surface area contributed by atoms with E-state index in [4.69, 9.17) is 4.52 Å². The summed E-state index contributed by atoms with van der Waals surface area (Å²) < 4.78 is 59.0. The smallest absolute Gasteiger partial charge is 0.286 e. The van der Waals surface area contributed by atoms with Crippen molar-refractivity contribution in [2.24, 2.45) is 0 Å². The fraction of sp³-hybridized carbons (Fsp3) is 0.368. The number of sulfonamides is 1. The summed E-state index contributed by atoms with van der Waals surface area (Å²) >= 11 is 1.06. The van der Waals surface area contributed by atoms with Crippen LogP contribution in [0.1, 0.15) is 45.0 Å². The number of halogens is 2. The molecule has 4 rings (SSSR count). The summed E-state index contributed by atoms with van der Waals surface area (Å²) in [4.78, 5) is 12.5. The van der Waals surface area contributed by atoms with Crippen LogP contribution in [-0.2, 0) is 10.0 Å². The third kappa shape index (κ3) is 4.27. The van der Waals surface area contributed by atoms with E-state index >= 15 is 0 Å². The largest absolute Gasteiger partial charge is 0.360 e. The second-order valence-electron chi connectivity index (χ2n) is 7.36. The number of nitrogens with one attached hydrogen (secondary N) is 1. The predicted octanol–water partition coefficient (Wildman–Crippen LogP) is 3.24. The quantitative estimate of drug-likeness (QED) is 0.592. The van der Waals surface area contributed by atoms with Gasteiger partial charge in [0.25, 0.3) is 5.91 Å². The lowest BCUT2D eigenvalue weighted by Crippen LogP contribution is -2.38. The molecule has 0 aliphatic carbocycles. The number of anilines is 1. The molecule has 32 heavy (non-hydrogen) atoms. The zero-order valence-electron chi connectivity index (χ0n) is 17.1. The summed E-state index contributed by atoms with van der Waals surface area (Å²) in [5.74, 6) is -2.11. The van der Waals surface area contributed by atoms with Crippen molar-refractivity contribution in [2.45, 2.75) is 37.5 Å². The summed E-state index contributed by atoms with van der Waals surface area (Å²) in [6.45, 7) is 3.70. The first-order valence-corrected chi connectivity index (χ1v) is 12.0. The van der Waals surface area contributed by atoms with Gasteiger partial charge in [0.2, 0.25) is 15.0 Å². The molecular weight excluding hydrogens is 464 g/mol. The van der Waals surface area contributed by atoms with Crippen LogP contribution in [0.2, 0.25) is 0 Å². The van der Waals surface area contributed by atoms with E-state index in [1.165, 1.54) is 4.31 Å². The second-order valence-corrected chi connectivity index (χ2v) is 10.2. The van der Waals surface area contributed by atoms with Crippen LogP contribution < -0.4 is 5.32 Å². The van der Waals surface area contributed by atoms with Crippen molar-refractivity contribution in [3.05, 3.63) is 51.3 Å². The molecule has 0 spiro atoms. The number of piperidine rings is 1. The maximum atomic E-state index is 13.8. The number of carbonyl (C=O) groups is 1. The highest BCUT2D eigenvalue weighted by atomic mass is 32.2. The van der Waals surface area contributed by atoms with Gasteiger partial charge < -0.3 is 9.84 Å². The molecule has 0 bridgehead atoms. The first kappa shape index (κ1) is 22.4. The van der Waals surface area contributed by atoms with E-state index in [1.807, 2.05) is 0 Å². The number of carbonyl (C=O) groups excluding carboxylic acids is 1. The molecule has 1 saturated heterocycles. The minimum Gasteiger partial charge on any atom is -0.360 e. The molecule has 1 aromatic carbocycles. The first-order valence-electron chi connectivity index (χ1n) is 9.69. The molecule has 13 heteroatoms. The van der Waals surface area contributed by atoms with E-state index in [0.29, 0.717) is 29.6 Å². The van der Waals surface area contributed by atoms with E-state index in [9.17, 15) is 22.0 Å². The summed E-state index contributed by atoms with van der Waals surface area (Å²) in [6.07, 6.45) is 1.01. The molecule has 1 aliphatic heterocycles. The molecule has 0 radical (unpaired) electrons. The number of rotatable bonds is 5. The van der Waals surface area contributed by atoms with Gasteiger partial charge in [-0.2, -0.15) is 4.31 Å². The molecule has 170 valence electrons. The predicted molar refractivity (Wildman–Crippen MR) is 111 cm³/mol. The van der Waals surface area contributed by atoms with E-state index in [-0.39, 0.29) is 40.4 Å². The Hall–Kier alpha value is -2.77. The average Bonchev–Trinajstić information content (AvgIpc) is 3.37. The lowest BCUT2D eigenvalue weighted by molar-refractivity contribution is 0.102. The fourth-order valence-corrected chi connectivity index (χ4v) is 6.24. The minimum atomic E-state index is -3.72. The summed E-state index contributed by atoms with van der Waals surface area (Å²) in [6, 6.07) is 2.83. The molecule has 0 unspecified atom stereocenters. The fourth-order valence-electron chi connectivity index (χ4n) is 3.57. The van der Waals surface area contributed by atoms with Crippen LogP contribution >= 0.6 is 11.3 Å². The van der Waals surface area contributed by atoms with Crippen molar-refractivity contribution in [1.82, 2.24) is 19.7 Å². The number of hydrogen-bond donors (Lipinski definition) is 1. The molecule has 3 heterocycles. The highest BCUT2D eigenvalue weighted by molar-refractivity contribution is 7.89. The van der Waals surface area contributed by atoms with Crippen molar-refractivity contribution in [3.63, 3.8) is 0 Å². The zero-order chi connectivity index (χ0) is 23.0. The van der Waals surface area contributed by atoms with Crippen molar-refractivity contribution < 1.29 is 26.5 Å². The standard InChI is InChI=1S/C19H19F2N5O4S2/c1-10-16(11(2)30-25-10)32(28,29)26-7-5-12(6-8-26)18-23-24-19(31-18)17(27)22-15-4-3-13(20)9-14(15)21/h3-4,9,12H,5-8H2,1-2H3,(H,22,27). The first-order chi connectivity index (χ1) is 15.2. The van der Waals surface area contributed by atoms with Crippen LogP contribution in [0.15, 0.2) is 27.6 Å². The Morgan fingerprint density at radius 2 is 1.94 bits per heavy atom. The Morgan fingerprint density at radius 3 is 2.56 bits per heavy atom.